The quantitative estimate of drug-likeness (QED) is 0.865. The number of hydrogen-bond donors (Lipinski definition) is 2. The predicted molar refractivity (Wildman–Crippen MR) is 94.1 cm³/mol. The molecule has 2 heterocycles. The van der Waals surface area contributed by atoms with E-state index in [2.05, 4.69) is 15.7 Å². The molecule has 0 aliphatic carbocycles. The summed E-state index contributed by atoms with van der Waals surface area (Å²) in [5.41, 5.74) is 4.56. The van der Waals surface area contributed by atoms with Gasteiger partial charge in [-0.15, -0.1) is 0 Å². The second kappa shape index (κ2) is 7.21. The zero-order chi connectivity index (χ0) is 17.8. The molecule has 0 saturated carbocycles. The zero-order valence-electron chi connectivity index (χ0n) is 14.2. The Balaban J connectivity index is 1.64. The Morgan fingerprint density at radius 3 is 2.80 bits per heavy atom. The summed E-state index contributed by atoms with van der Waals surface area (Å²) in [5, 5.41) is 4.20. The highest BCUT2D eigenvalue weighted by Gasteiger charge is 2.26. The number of hydrazine groups is 1. The van der Waals surface area contributed by atoms with Gasteiger partial charge in [0.2, 0.25) is 5.84 Å². The number of furan rings is 1. The van der Waals surface area contributed by atoms with E-state index >= 15 is 0 Å². The number of amidine groups is 1. The summed E-state index contributed by atoms with van der Waals surface area (Å²) < 4.78 is 5.28. The number of rotatable bonds is 5. The Morgan fingerprint density at radius 2 is 2.12 bits per heavy atom. The van der Waals surface area contributed by atoms with Gasteiger partial charge in [0.15, 0.2) is 0 Å². The van der Waals surface area contributed by atoms with Crippen molar-refractivity contribution in [1.29, 1.82) is 0 Å². The first kappa shape index (κ1) is 16.8. The van der Waals surface area contributed by atoms with E-state index in [1.54, 1.807) is 6.26 Å². The lowest BCUT2D eigenvalue weighted by molar-refractivity contribution is -0.118. The van der Waals surface area contributed by atoms with Gasteiger partial charge in [0, 0.05) is 12.5 Å². The lowest BCUT2D eigenvalue weighted by Crippen LogP contribution is -2.56. The summed E-state index contributed by atoms with van der Waals surface area (Å²) in [7, 11) is 0. The van der Waals surface area contributed by atoms with Crippen LogP contribution >= 0.6 is 0 Å². The van der Waals surface area contributed by atoms with Crippen LogP contribution in [0.2, 0.25) is 0 Å². The first-order valence-electron chi connectivity index (χ1n) is 8.07. The average molecular weight is 340 g/mol. The van der Waals surface area contributed by atoms with E-state index in [0.29, 0.717) is 12.1 Å². The minimum Gasteiger partial charge on any atom is -0.469 e. The monoisotopic (exact) mass is 340 g/mol. The van der Waals surface area contributed by atoms with Crippen molar-refractivity contribution in [3.05, 3.63) is 54.0 Å². The van der Waals surface area contributed by atoms with Crippen LogP contribution < -0.4 is 15.8 Å². The summed E-state index contributed by atoms with van der Waals surface area (Å²) in [4.78, 5) is 28.5. The third kappa shape index (κ3) is 4.06. The number of hydrogen-bond acceptors (Lipinski definition) is 5. The average Bonchev–Trinajstić information content (AvgIpc) is 3.09. The molecule has 2 amide bonds. The molecule has 0 radical (unpaired) electrons. The SMILES string of the molecule is Cc1ccc(N2NC(C(=O)NC(C)Cc3ccco3)=NCC2=O)cc1. The number of aryl methyl sites for hydroxylation is 1. The van der Waals surface area contributed by atoms with Crippen LogP contribution in [0, 0.1) is 6.92 Å². The number of aliphatic imine (C=N–C) groups is 1. The van der Waals surface area contributed by atoms with E-state index < -0.39 is 0 Å². The molecule has 7 heteroatoms. The van der Waals surface area contributed by atoms with E-state index in [9.17, 15) is 9.59 Å². The van der Waals surface area contributed by atoms with Crippen LogP contribution in [-0.4, -0.2) is 30.2 Å². The number of nitrogens with one attached hydrogen (secondary N) is 2. The molecule has 0 bridgehead atoms. The number of benzene rings is 1. The molecule has 0 saturated heterocycles. The van der Waals surface area contributed by atoms with Gasteiger partial charge in [0.05, 0.1) is 12.0 Å². The van der Waals surface area contributed by atoms with Crippen molar-refractivity contribution in [3.8, 4) is 0 Å². The van der Waals surface area contributed by atoms with E-state index in [4.69, 9.17) is 4.42 Å². The molecule has 0 spiro atoms. The molecule has 2 N–H and O–H groups in total. The lowest BCUT2D eigenvalue weighted by atomic mass is 10.2. The highest BCUT2D eigenvalue weighted by molar-refractivity contribution is 6.39. The van der Waals surface area contributed by atoms with Crippen molar-refractivity contribution >= 4 is 23.3 Å². The number of anilines is 1. The minimum atomic E-state index is -0.358. The van der Waals surface area contributed by atoms with Crippen LogP contribution in [0.1, 0.15) is 18.2 Å². The largest absolute Gasteiger partial charge is 0.469 e. The molecular weight excluding hydrogens is 320 g/mol. The van der Waals surface area contributed by atoms with E-state index in [1.807, 2.05) is 50.2 Å². The van der Waals surface area contributed by atoms with Crippen molar-refractivity contribution in [3.63, 3.8) is 0 Å². The number of nitrogens with zero attached hydrogens (tertiary/aromatic N) is 2. The molecule has 130 valence electrons. The van der Waals surface area contributed by atoms with Gasteiger partial charge in [-0.05, 0) is 38.1 Å². The van der Waals surface area contributed by atoms with Gasteiger partial charge in [0.25, 0.3) is 11.8 Å². The number of amides is 2. The minimum absolute atomic E-state index is 0.0732. The van der Waals surface area contributed by atoms with Crippen LogP contribution in [0.25, 0.3) is 0 Å². The lowest BCUT2D eigenvalue weighted by Gasteiger charge is -2.28. The molecule has 1 atom stereocenters. The van der Waals surface area contributed by atoms with Crippen molar-refractivity contribution in [2.75, 3.05) is 11.6 Å². The zero-order valence-corrected chi connectivity index (χ0v) is 14.2. The third-order valence-electron chi connectivity index (χ3n) is 3.81. The van der Waals surface area contributed by atoms with Crippen LogP contribution in [0.15, 0.2) is 52.1 Å². The predicted octanol–water partition coefficient (Wildman–Crippen LogP) is 1.59. The van der Waals surface area contributed by atoms with Crippen LogP contribution in [-0.2, 0) is 16.0 Å². The van der Waals surface area contributed by atoms with Gasteiger partial charge in [-0.3, -0.25) is 20.0 Å². The topological polar surface area (TPSA) is 86.9 Å². The Kier molecular flexibility index (Phi) is 4.83. The van der Waals surface area contributed by atoms with Gasteiger partial charge in [-0.1, -0.05) is 17.7 Å². The fourth-order valence-electron chi connectivity index (χ4n) is 2.52. The summed E-state index contributed by atoms with van der Waals surface area (Å²) in [6.07, 6.45) is 2.17. The van der Waals surface area contributed by atoms with Gasteiger partial charge in [-0.2, -0.15) is 0 Å². The smallest absolute Gasteiger partial charge is 0.288 e. The molecule has 3 rings (SSSR count). The molecule has 1 unspecified atom stereocenters. The van der Waals surface area contributed by atoms with Gasteiger partial charge < -0.3 is 9.73 Å². The second-order valence-electron chi connectivity index (χ2n) is 6.00. The Labute approximate surface area is 145 Å². The summed E-state index contributed by atoms with van der Waals surface area (Å²) in [6.45, 7) is 3.78. The molecule has 7 nitrogen and oxygen atoms in total. The van der Waals surface area contributed by atoms with Crippen LogP contribution in [0.3, 0.4) is 0 Å². The van der Waals surface area contributed by atoms with Gasteiger partial charge >= 0.3 is 0 Å². The number of carbonyl (C=O) groups excluding carboxylic acids is 2. The fourth-order valence-corrected chi connectivity index (χ4v) is 2.52. The molecule has 1 aromatic heterocycles. The number of carbonyl (C=O) groups is 2. The highest BCUT2D eigenvalue weighted by atomic mass is 16.3. The maximum absolute atomic E-state index is 12.4. The second-order valence-corrected chi connectivity index (χ2v) is 6.00. The van der Waals surface area contributed by atoms with Crippen molar-refractivity contribution < 1.29 is 14.0 Å². The molecule has 1 aliphatic heterocycles. The van der Waals surface area contributed by atoms with Crippen molar-refractivity contribution in [1.82, 2.24) is 10.7 Å². The van der Waals surface area contributed by atoms with E-state index in [-0.39, 0.29) is 30.2 Å². The van der Waals surface area contributed by atoms with Gasteiger partial charge in [0.1, 0.15) is 12.3 Å². The van der Waals surface area contributed by atoms with Crippen molar-refractivity contribution in [2.45, 2.75) is 26.3 Å². The first-order chi connectivity index (χ1) is 12.0. The molecule has 0 fully saturated rings. The normalized spacial score (nSPS) is 15.4. The summed E-state index contributed by atoms with van der Waals surface area (Å²) in [6, 6.07) is 11.0. The molecule has 25 heavy (non-hydrogen) atoms. The Bertz CT molecular complexity index is 781. The molecular formula is C18H20N4O3. The molecule has 1 aromatic carbocycles. The molecule has 2 aromatic rings. The maximum Gasteiger partial charge on any atom is 0.288 e. The third-order valence-corrected chi connectivity index (χ3v) is 3.81. The Hall–Kier alpha value is -3.09. The molecule has 1 aliphatic rings. The maximum atomic E-state index is 12.4. The van der Waals surface area contributed by atoms with E-state index in [1.165, 1.54) is 5.01 Å². The van der Waals surface area contributed by atoms with Gasteiger partial charge in [-0.25, -0.2) is 5.01 Å². The van der Waals surface area contributed by atoms with Crippen molar-refractivity contribution in [2.24, 2.45) is 4.99 Å². The van der Waals surface area contributed by atoms with E-state index in [0.717, 1.165) is 11.3 Å². The fraction of sp³-hybridized carbons (Fsp3) is 0.278. The summed E-state index contributed by atoms with van der Waals surface area (Å²) in [5.74, 6) is 0.335. The Morgan fingerprint density at radius 1 is 1.36 bits per heavy atom. The standard InChI is InChI=1S/C18H20N4O3/c1-12-5-7-14(8-6-12)22-16(23)11-19-17(21-22)18(24)20-13(2)10-15-4-3-9-25-15/h3-9,13H,10-11H2,1-2H3,(H,19,21)(H,20,24). The van der Waals surface area contributed by atoms with Crippen LogP contribution in [0.4, 0.5) is 5.69 Å². The first-order valence-corrected chi connectivity index (χ1v) is 8.07. The summed E-state index contributed by atoms with van der Waals surface area (Å²) >= 11 is 0. The van der Waals surface area contributed by atoms with Crippen LogP contribution in [0.5, 0.6) is 0 Å². The highest BCUT2D eigenvalue weighted by Crippen LogP contribution is 2.15.